The van der Waals surface area contributed by atoms with Crippen LogP contribution in [0, 0.1) is 0 Å². The van der Waals surface area contributed by atoms with Crippen molar-refractivity contribution in [3.63, 3.8) is 0 Å². The fraction of sp³-hybridized carbons (Fsp3) is 0.429. The van der Waals surface area contributed by atoms with Crippen LogP contribution in [-0.4, -0.2) is 19.8 Å². The summed E-state index contributed by atoms with van der Waals surface area (Å²) in [6, 6.07) is 0. The molecule has 0 aromatic carbocycles. The third kappa shape index (κ3) is 0.861. The number of H-pyrrole nitrogens is 1. The standard InChI is InChI=1S/C7H11N5/c1-4(2)6-10-7-5(8)3-9-12(7)11-6/h3-4H,8H2,1-2H3,(H,10,11). The van der Waals surface area contributed by atoms with E-state index in [9.17, 15) is 0 Å². The van der Waals surface area contributed by atoms with Crippen LogP contribution in [0.4, 0.5) is 5.69 Å². The van der Waals surface area contributed by atoms with Crippen LogP contribution in [-0.2, 0) is 0 Å². The molecule has 0 aliphatic heterocycles. The quantitative estimate of drug-likeness (QED) is 0.655. The van der Waals surface area contributed by atoms with Gasteiger partial charge in [0, 0.05) is 5.92 Å². The lowest BCUT2D eigenvalue weighted by Crippen LogP contribution is -1.92. The number of rotatable bonds is 1. The molecule has 0 fully saturated rings. The summed E-state index contributed by atoms with van der Waals surface area (Å²) in [5.74, 6) is 1.27. The third-order valence-corrected chi connectivity index (χ3v) is 1.78. The molecule has 0 amide bonds. The summed E-state index contributed by atoms with van der Waals surface area (Å²) in [6.07, 6.45) is 1.59. The van der Waals surface area contributed by atoms with Crippen LogP contribution in [0.25, 0.3) is 5.65 Å². The highest BCUT2D eigenvalue weighted by Gasteiger charge is 2.08. The van der Waals surface area contributed by atoms with E-state index in [1.54, 1.807) is 6.20 Å². The Morgan fingerprint density at radius 3 is 2.92 bits per heavy atom. The number of nitrogens with two attached hydrogens (primary N) is 1. The van der Waals surface area contributed by atoms with Crippen molar-refractivity contribution < 1.29 is 0 Å². The van der Waals surface area contributed by atoms with Gasteiger partial charge in [0.2, 0.25) is 0 Å². The lowest BCUT2D eigenvalue weighted by atomic mass is 10.2. The van der Waals surface area contributed by atoms with Crippen LogP contribution >= 0.6 is 0 Å². The average molecular weight is 165 g/mol. The second-order valence-electron chi connectivity index (χ2n) is 3.10. The summed E-state index contributed by atoms with van der Waals surface area (Å²) in [6.45, 7) is 4.13. The van der Waals surface area contributed by atoms with Crippen molar-refractivity contribution in [2.24, 2.45) is 0 Å². The molecule has 2 rings (SSSR count). The summed E-state index contributed by atoms with van der Waals surface area (Å²) < 4.78 is 1.52. The van der Waals surface area contributed by atoms with Crippen LogP contribution in [0.3, 0.4) is 0 Å². The highest BCUT2D eigenvalue weighted by molar-refractivity contribution is 5.62. The van der Waals surface area contributed by atoms with Gasteiger partial charge in [0.05, 0.1) is 11.9 Å². The highest BCUT2D eigenvalue weighted by Crippen LogP contribution is 2.14. The minimum atomic E-state index is 0.367. The molecular formula is C7H11N5. The normalized spacial score (nSPS) is 11.6. The SMILES string of the molecule is CC(C)c1nn2ncc(N)c2[nH]1. The molecule has 0 atom stereocenters. The topological polar surface area (TPSA) is 72.0 Å². The second-order valence-corrected chi connectivity index (χ2v) is 3.10. The molecule has 12 heavy (non-hydrogen) atoms. The van der Waals surface area contributed by atoms with Gasteiger partial charge >= 0.3 is 0 Å². The first-order chi connectivity index (χ1) is 5.68. The lowest BCUT2D eigenvalue weighted by Gasteiger charge is -1.94. The van der Waals surface area contributed by atoms with Gasteiger partial charge in [-0.05, 0) is 0 Å². The monoisotopic (exact) mass is 165 g/mol. The Labute approximate surface area is 69.6 Å². The summed E-state index contributed by atoms with van der Waals surface area (Å²) in [5, 5.41) is 8.17. The Bertz CT molecular complexity index is 397. The zero-order valence-electron chi connectivity index (χ0n) is 7.07. The van der Waals surface area contributed by atoms with Gasteiger partial charge in [-0.15, -0.1) is 9.73 Å². The van der Waals surface area contributed by atoms with Crippen molar-refractivity contribution in [2.75, 3.05) is 5.73 Å². The smallest absolute Gasteiger partial charge is 0.178 e. The Hall–Kier alpha value is -1.52. The van der Waals surface area contributed by atoms with E-state index in [0.29, 0.717) is 11.6 Å². The number of aromatic amines is 1. The van der Waals surface area contributed by atoms with E-state index in [4.69, 9.17) is 5.73 Å². The molecule has 0 aliphatic rings. The third-order valence-electron chi connectivity index (χ3n) is 1.78. The molecule has 2 aromatic heterocycles. The van der Waals surface area contributed by atoms with Gasteiger partial charge in [0.15, 0.2) is 5.65 Å². The van der Waals surface area contributed by atoms with E-state index in [1.807, 2.05) is 0 Å². The van der Waals surface area contributed by atoms with E-state index in [-0.39, 0.29) is 0 Å². The predicted molar refractivity (Wildman–Crippen MR) is 45.8 cm³/mol. The number of anilines is 1. The largest absolute Gasteiger partial charge is 0.394 e. The summed E-state index contributed by atoms with van der Waals surface area (Å²) in [7, 11) is 0. The molecule has 0 spiro atoms. The molecule has 0 radical (unpaired) electrons. The van der Waals surface area contributed by atoms with Crippen molar-refractivity contribution >= 4 is 11.3 Å². The van der Waals surface area contributed by atoms with Crippen LogP contribution in [0.2, 0.25) is 0 Å². The average Bonchev–Trinajstić information content (AvgIpc) is 2.53. The highest BCUT2D eigenvalue weighted by atomic mass is 15.5. The summed E-state index contributed by atoms with van der Waals surface area (Å²) in [5.41, 5.74) is 7.05. The number of hydrogen-bond acceptors (Lipinski definition) is 3. The van der Waals surface area contributed by atoms with Crippen molar-refractivity contribution in [1.82, 2.24) is 19.8 Å². The molecular weight excluding hydrogens is 154 g/mol. The zero-order chi connectivity index (χ0) is 8.72. The molecule has 5 nitrogen and oxygen atoms in total. The van der Waals surface area contributed by atoms with Gasteiger partial charge in [-0.3, -0.25) is 0 Å². The van der Waals surface area contributed by atoms with Crippen LogP contribution in [0.15, 0.2) is 6.20 Å². The molecule has 64 valence electrons. The first-order valence-electron chi connectivity index (χ1n) is 3.88. The maximum absolute atomic E-state index is 5.64. The zero-order valence-corrected chi connectivity index (χ0v) is 7.07. The lowest BCUT2D eigenvalue weighted by molar-refractivity contribution is 0.730. The Morgan fingerprint density at radius 2 is 2.33 bits per heavy atom. The predicted octanol–water partition coefficient (Wildman–Crippen LogP) is 0.763. The molecule has 5 heteroatoms. The second kappa shape index (κ2) is 2.23. The number of nitrogens with zero attached hydrogens (tertiary/aromatic N) is 3. The Kier molecular flexibility index (Phi) is 1.33. The Morgan fingerprint density at radius 1 is 1.58 bits per heavy atom. The van der Waals surface area contributed by atoms with Gasteiger partial charge in [-0.2, -0.15) is 5.10 Å². The molecule has 3 N–H and O–H groups in total. The molecule has 0 bridgehead atoms. The molecule has 0 aliphatic carbocycles. The van der Waals surface area contributed by atoms with Gasteiger partial charge in [0.1, 0.15) is 5.82 Å². The fourth-order valence-electron chi connectivity index (χ4n) is 1.06. The number of hydrogen-bond donors (Lipinski definition) is 2. The summed E-state index contributed by atoms with van der Waals surface area (Å²) >= 11 is 0. The first kappa shape index (κ1) is 7.15. The van der Waals surface area contributed by atoms with E-state index >= 15 is 0 Å². The number of nitrogen functional groups attached to an aromatic ring is 1. The minimum absolute atomic E-state index is 0.367. The van der Waals surface area contributed by atoms with E-state index in [2.05, 4.69) is 29.0 Å². The van der Waals surface area contributed by atoms with E-state index in [0.717, 1.165) is 11.5 Å². The molecule has 2 heterocycles. The molecule has 0 saturated carbocycles. The fourth-order valence-corrected chi connectivity index (χ4v) is 1.06. The maximum Gasteiger partial charge on any atom is 0.178 e. The van der Waals surface area contributed by atoms with Gasteiger partial charge in [0.25, 0.3) is 0 Å². The molecule has 0 unspecified atom stereocenters. The minimum Gasteiger partial charge on any atom is -0.394 e. The van der Waals surface area contributed by atoms with Gasteiger partial charge in [-0.25, -0.2) is 0 Å². The van der Waals surface area contributed by atoms with Crippen LogP contribution in [0.1, 0.15) is 25.6 Å². The van der Waals surface area contributed by atoms with E-state index in [1.165, 1.54) is 4.63 Å². The van der Waals surface area contributed by atoms with Gasteiger partial charge < -0.3 is 10.7 Å². The van der Waals surface area contributed by atoms with Crippen molar-refractivity contribution in [1.29, 1.82) is 0 Å². The molecule has 2 aromatic rings. The maximum atomic E-state index is 5.64. The summed E-state index contributed by atoms with van der Waals surface area (Å²) in [4.78, 5) is 3.11. The number of aromatic nitrogens is 4. The number of fused-ring (bicyclic) bond motifs is 1. The molecule has 0 saturated heterocycles. The van der Waals surface area contributed by atoms with E-state index < -0.39 is 0 Å². The van der Waals surface area contributed by atoms with Crippen molar-refractivity contribution in [2.45, 2.75) is 19.8 Å². The van der Waals surface area contributed by atoms with Crippen LogP contribution in [0.5, 0.6) is 0 Å². The van der Waals surface area contributed by atoms with Crippen LogP contribution < -0.4 is 5.73 Å². The van der Waals surface area contributed by atoms with Crippen molar-refractivity contribution in [3.05, 3.63) is 12.0 Å². The first-order valence-corrected chi connectivity index (χ1v) is 3.88. The van der Waals surface area contributed by atoms with Crippen molar-refractivity contribution in [3.8, 4) is 0 Å². The van der Waals surface area contributed by atoms with Gasteiger partial charge in [-0.1, -0.05) is 13.8 Å². The number of nitrogens with one attached hydrogen (secondary N) is 1. The Balaban J connectivity index is 2.63.